The molecule has 0 spiro atoms. The maximum atomic E-state index is 10.1. The van der Waals surface area contributed by atoms with Crippen LogP contribution in [0.5, 0.6) is 0 Å². The van der Waals surface area contributed by atoms with Gasteiger partial charge in [-0.15, -0.1) is 0 Å². The van der Waals surface area contributed by atoms with Gasteiger partial charge in [0, 0.05) is 0 Å². The molecule has 6 rings (SSSR count). The third kappa shape index (κ3) is 2.17. The quantitative estimate of drug-likeness (QED) is 0.371. The van der Waals surface area contributed by atoms with E-state index in [2.05, 4.69) is 24.3 Å². The molecule has 0 aromatic heterocycles. The first-order valence-electron chi connectivity index (χ1n) is 10.8. The van der Waals surface area contributed by atoms with Gasteiger partial charge in [0.1, 0.15) is 0 Å². The van der Waals surface area contributed by atoms with Gasteiger partial charge in [-0.3, -0.25) is 0 Å². The van der Waals surface area contributed by atoms with Crippen LogP contribution < -0.4 is 0 Å². The van der Waals surface area contributed by atoms with Gasteiger partial charge in [-0.2, -0.15) is 21.0 Å². The fourth-order valence-corrected chi connectivity index (χ4v) is 5.45. The standard InChI is InChI=1S/C30H14N4/c31-15-29(16-32)25-7-3-1-5-21(25)23-11-9-19(13-27(23)29)20-10-12-24-22-6-2-4-8-26(22)30(17-33,18-34)28(24)14-20/h1-14H. The van der Waals surface area contributed by atoms with E-state index in [9.17, 15) is 21.0 Å². The van der Waals surface area contributed by atoms with Gasteiger partial charge in [0.2, 0.25) is 0 Å². The van der Waals surface area contributed by atoms with Gasteiger partial charge in [-0.25, -0.2) is 0 Å². The van der Waals surface area contributed by atoms with Crippen molar-refractivity contribution in [2.24, 2.45) is 0 Å². The fraction of sp³-hybridized carbons (Fsp3) is 0.0667. The van der Waals surface area contributed by atoms with Crippen LogP contribution in [0.4, 0.5) is 0 Å². The third-order valence-electron chi connectivity index (χ3n) is 7.09. The minimum absolute atomic E-state index is 0.659. The van der Waals surface area contributed by atoms with Crippen LogP contribution in [0, 0.1) is 45.3 Å². The lowest BCUT2D eigenvalue weighted by Gasteiger charge is -2.17. The Bertz CT molecular complexity index is 1560. The lowest BCUT2D eigenvalue weighted by atomic mass is 9.79. The highest BCUT2D eigenvalue weighted by Gasteiger charge is 2.46. The van der Waals surface area contributed by atoms with Crippen molar-refractivity contribution in [1.29, 1.82) is 21.0 Å². The Morgan fingerprint density at radius 2 is 0.765 bits per heavy atom. The Morgan fingerprint density at radius 1 is 0.412 bits per heavy atom. The molecule has 4 nitrogen and oxygen atoms in total. The second-order valence-corrected chi connectivity index (χ2v) is 8.56. The van der Waals surface area contributed by atoms with Crippen molar-refractivity contribution < 1.29 is 0 Å². The zero-order valence-electron chi connectivity index (χ0n) is 17.9. The molecule has 0 heterocycles. The molecule has 2 aliphatic carbocycles. The fourth-order valence-electron chi connectivity index (χ4n) is 5.45. The summed E-state index contributed by atoms with van der Waals surface area (Å²) < 4.78 is 0. The minimum Gasteiger partial charge on any atom is -0.196 e. The first-order valence-corrected chi connectivity index (χ1v) is 10.8. The molecule has 4 aromatic carbocycles. The number of nitriles is 4. The molecule has 0 fully saturated rings. The molecular weight excluding hydrogens is 416 g/mol. The van der Waals surface area contributed by atoms with Crippen molar-refractivity contribution in [1.82, 2.24) is 0 Å². The van der Waals surface area contributed by atoms with E-state index >= 15 is 0 Å². The van der Waals surface area contributed by atoms with E-state index in [4.69, 9.17) is 0 Å². The number of nitrogens with zero attached hydrogens (tertiary/aromatic N) is 4. The summed E-state index contributed by atoms with van der Waals surface area (Å²) >= 11 is 0. The minimum atomic E-state index is -1.38. The van der Waals surface area contributed by atoms with Crippen molar-refractivity contribution in [3.63, 3.8) is 0 Å². The Morgan fingerprint density at radius 3 is 1.15 bits per heavy atom. The van der Waals surface area contributed by atoms with Gasteiger partial charge in [0.15, 0.2) is 10.8 Å². The highest BCUT2D eigenvalue weighted by molar-refractivity contribution is 5.90. The summed E-state index contributed by atoms with van der Waals surface area (Å²) in [6.07, 6.45) is 0. The van der Waals surface area contributed by atoms with Crippen LogP contribution in [-0.2, 0) is 10.8 Å². The van der Waals surface area contributed by atoms with E-state index in [1.807, 2.05) is 84.9 Å². The summed E-state index contributed by atoms with van der Waals surface area (Å²) in [5.74, 6) is 0. The van der Waals surface area contributed by atoms with Crippen molar-refractivity contribution >= 4 is 0 Å². The predicted octanol–water partition coefficient (Wildman–Crippen LogP) is 5.98. The SMILES string of the molecule is N#CC1(C#N)c2ccccc2-c2ccc(-c3ccc4c(c3)C(C#N)(C#N)c3ccccc3-4)cc21. The van der Waals surface area contributed by atoms with Gasteiger partial charge < -0.3 is 0 Å². The van der Waals surface area contributed by atoms with Gasteiger partial charge in [0.25, 0.3) is 0 Å². The maximum absolute atomic E-state index is 10.1. The zero-order chi connectivity index (χ0) is 23.5. The molecule has 154 valence electrons. The summed E-state index contributed by atoms with van der Waals surface area (Å²) in [6, 6.07) is 35.7. The smallest absolute Gasteiger partial charge is 0.194 e. The van der Waals surface area contributed by atoms with E-state index < -0.39 is 10.8 Å². The predicted molar refractivity (Wildman–Crippen MR) is 127 cm³/mol. The Hall–Kier alpha value is -5.16. The number of hydrogen-bond donors (Lipinski definition) is 0. The molecule has 4 aromatic rings. The molecule has 0 aliphatic heterocycles. The van der Waals surface area contributed by atoms with Crippen LogP contribution in [-0.4, -0.2) is 0 Å². The molecule has 0 unspecified atom stereocenters. The number of hydrogen-bond acceptors (Lipinski definition) is 4. The molecule has 0 radical (unpaired) electrons. The Labute approximate surface area is 196 Å². The van der Waals surface area contributed by atoms with Crippen molar-refractivity contribution in [2.75, 3.05) is 0 Å². The van der Waals surface area contributed by atoms with E-state index in [1.54, 1.807) is 0 Å². The highest BCUT2D eigenvalue weighted by atomic mass is 14.5. The van der Waals surface area contributed by atoms with Crippen molar-refractivity contribution in [2.45, 2.75) is 10.8 Å². The van der Waals surface area contributed by atoms with Crippen LogP contribution >= 0.6 is 0 Å². The van der Waals surface area contributed by atoms with E-state index in [1.165, 1.54) is 0 Å². The lowest BCUT2D eigenvalue weighted by Crippen LogP contribution is -2.20. The average molecular weight is 430 g/mol. The van der Waals surface area contributed by atoms with Crippen LogP contribution in [0.3, 0.4) is 0 Å². The Balaban J connectivity index is 1.57. The molecule has 34 heavy (non-hydrogen) atoms. The molecule has 2 aliphatic rings. The van der Waals surface area contributed by atoms with E-state index in [0.717, 1.165) is 33.4 Å². The largest absolute Gasteiger partial charge is 0.196 e. The normalized spacial score (nSPS) is 14.8. The Kier molecular flexibility index (Phi) is 3.83. The molecule has 0 bridgehead atoms. The van der Waals surface area contributed by atoms with Crippen molar-refractivity contribution in [3.05, 3.63) is 107 Å². The monoisotopic (exact) mass is 430 g/mol. The summed E-state index contributed by atoms with van der Waals surface area (Å²) in [4.78, 5) is 0. The molecule has 0 N–H and O–H groups in total. The highest BCUT2D eigenvalue weighted by Crippen LogP contribution is 2.51. The summed E-state index contributed by atoms with van der Waals surface area (Å²) in [6.45, 7) is 0. The number of fused-ring (bicyclic) bond motifs is 6. The topological polar surface area (TPSA) is 95.2 Å². The van der Waals surface area contributed by atoms with Gasteiger partial charge in [-0.1, -0.05) is 72.8 Å². The first kappa shape index (κ1) is 19.5. The maximum Gasteiger partial charge on any atom is 0.194 e. The summed E-state index contributed by atoms with van der Waals surface area (Å²) in [5.41, 5.74) is 5.14. The second-order valence-electron chi connectivity index (χ2n) is 8.56. The molecule has 0 atom stereocenters. The molecule has 0 amide bonds. The second kappa shape index (κ2) is 6.67. The molecule has 4 heteroatoms. The number of rotatable bonds is 1. The molecule has 0 saturated carbocycles. The van der Waals surface area contributed by atoms with Gasteiger partial charge in [-0.05, 0) is 67.8 Å². The summed E-state index contributed by atoms with van der Waals surface area (Å²) in [7, 11) is 0. The van der Waals surface area contributed by atoms with Crippen LogP contribution in [0.25, 0.3) is 33.4 Å². The first-order chi connectivity index (χ1) is 16.6. The van der Waals surface area contributed by atoms with E-state index in [-0.39, 0.29) is 0 Å². The number of benzene rings is 4. The molecule has 0 saturated heterocycles. The van der Waals surface area contributed by atoms with E-state index in [0.29, 0.717) is 22.3 Å². The third-order valence-corrected chi connectivity index (χ3v) is 7.09. The average Bonchev–Trinajstić information content (AvgIpc) is 3.35. The lowest BCUT2D eigenvalue weighted by molar-refractivity contribution is 0.877. The van der Waals surface area contributed by atoms with Gasteiger partial charge >= 0.3 is 0 Å². The van der Waals surface area contributed by atoms with Crippen LogP contribution in [0.1, 0.15) is 22.3 Å². The van der Waals surface area contributed by atoms with Gasteiger partial charge in [0.05, 0.1) is 24.3 Å². The zero-order valence-corrected chi connectivity index (χ0v) is 17.9. The summed E-state index contributed by atoms with van der Waals surface area (Å²) in [5, 5.41) is 40.3. The van der Waals surface area contributed by atoms with Crippen LogP contribution in [0.2, 0.25) is 0 Å². The van der Waals surface area contributed by atoms with Crippen molar-refractivity contribution in [3.8, 4) is 57.7 Å². The molecular formula is C30H14N4. The van der Waals surface area contributed by atoms with Crippen LogP contribution in [0.15, 0.2) is 84.9 Å².